The second kappa shape index (κ2) is 5.82. The summed E-state index contributed by atoms with van der Waals surface area (Å²) in [5.74, 6) is 0.544. The highest BCUT2D eigenvalue weighted by molar-refractivity contribution is 5.34. The third kappa shape index (κ3) is 2.63. The lowest BCUT2D eigenvalue weighted by Crippen LogP contribution is -2.48. The Bertz CT molecular complexity index is 550. The fraction of sp³-hybridized carbons (Fsp3) is 0.667. The SMILES string of the molecule is CCN(C)C[C@H]1[C@H]2CC[C@H](C2)C[C@]1(O)c1cc(O)ccc1F. The molecular formula is C18H26FNO2. The molecule has 0 radical (unpaired) electrons. The van der Waals surface area contributed by atoms with E-state index in [1.54, 1.807) is 0 Å². The Kier molecular flexibility index (Phi) is 4.17. The average Bonchev–Trinajstić information content (AvgIpc) is 2.89. The number of benzene rings is 1. The molecule has 1 aromatic rings. The first kappa shape index (κ1) is 15.8. The molecule has 2 fully saturated rings. The fourth-order valence-corrected chi connectivity index (χ4v) is 4.57. The number of aromatic hydroxyl groups is 1. The van der Waals surface area contributed by atoms with Gasteiger partial charge in [0.15, 0.2) is 0 Å². The maximum atomic E-state index is 14.4. The van der Waals surface area contributed by atoms with Gasteiger partial charge in [-0.1, -0.05) is 13.3 Å². The first-order chi connectivity index (χ1) is 10.4. The Morgan fingerprint density at radius 2 is 2.14 bits per heavy atom. The van der Waals surface area contributed by atoms with Crippen LogP contribution in [-0.4, -0.2) is 35.3 Å². The molecule has 0 saturated heterocycles. The molecule has 2 saturated carbocycles. The number of halogens is 1. The Hall–Kier alpha value is -1.13. The predicted molar refractivity (Wildman–Crippen MR) is 84.1 cm³/mol. The van der Waals surface area contributed by atoms with E-state index < -0.39 is 11.4 Å². The number of phenolic OH excluding ortho intramolecular Hbond substituents is 1. The zero-order valence-corrected chi connectivity index (χ0v) is 13.4. The maximum Gasteiger partial charge on any atom is 0.129 e. The van der Waals surface area contributed by atoms with Crippen molar-refractivity contribution in [2.45, 2.75) is 38.2 Å². The largest absolute Gasteiger partial charge is 0.508 e. The van der Waals surface area contributed by atoms with Gasteiger partial charge >= 0.3 is 0 Å². The Balaban J connectivity index is 2.01. The van der Waals surface area contributed by atoms with Crippen LogP contribution >= 0.6 is 0 Å². The van der Waals surface area contributed by atoms with E-state index in [2.05, 4.69) is 11.8 Å². The molecule has 4 atom stereocenters. The summed E-state index contributed by atoms with van der Waals surface area (Å²) in [4.78, 5) is 2.19. The lowest BCUT2D eigenvalue weighted by Gasteiger charge is -2.45. The second-order valence-corrected chi connectivity index (χ2v) is 7.19. The normalized spacial score (nSPS) is 34.3. The van der Waals surface area contributed by atoms with Crippen LogP contribution in [0.25, 0.3) is 0 Å². The minimum Gasteiger partial charge on any atom is -0.508 e. The van der Waals surface area contributed by atoms with Crippen LogP contribution in [0.1, 0.15) is 38.2 Å². The van der Waals surface area contributed by atoms with E-state index in [1.807, 2.05) is 7.05 Å². The quantitative estimate of drug-likeness (QED) is 0.898. The third-order valence-corrected chi connectivity index (χ3v) is 5.83. The number of nitrogens with zero attached hydrogens (tertiary/aromatic N) is 1. The van der Waals surface area contributed by atoms with Crippen molar-refractivity contribution >= 4 is 0 Å². The highest BCUT2D eigenvalue weighted by atomic mass is 19.1. The monoisotopic (exact) mass is 307 g/mol. The maximum absolute atomic E-state index is 14.4. The van der Waals surface area contributed by atoms with Gasteiger partial charge in [0.05, 0.1) is 5.60 Å². The van der Waals surface area contributed by atoms with Crippen LogP contribution < -0.4 is 0 Å². The summed E-state index contributed by atoms with van der Waals surface area (Å²) in [5, 5.41) is 21.2. The van der Waals surface area contributed by atoms with Crippen molar-refractivity contribution < 1.29 is 14.6 Å². The molecule has 0 aromatic heterocycles. The third-order valence-electron chi connectivity index (χ3n) is 5.83. The highest BCUT2D eigenvalue weighted by Crippen LogP contribution is 2.54. The van der Waals surface area contributed by atoms with Gasteiger partial charge in [0.2, 0.25) is 0 Å². The smallest absolute Gasteiger partial charge is 0.129 e. The van der Waals surface area contributed by atoms with Crippen molar-refractivity contribution in [3.05, 3.63) is 29.6 Å². The minimum absolute atomic E-state index is 0.0188. The summed E-state index contributed by atoms with van der Waals surface area (Å²) in [5.41, 5.74) is -0.894. The van der Waals surface area contributed by atoms with Crippen LogP contribution in [0.15, 0.2) is 18.2 Å². The van der Waals surface area contributed by atoms with Gasteiger partial charge in [-0.15, -0.1) is 0 Å². The Labute approximate surface area is 131 Å². The van der Waals surface area contributed by atoms with E-state index in [0.717, 1.165) is 32.4 Å². The van der Waals surface area contributed by atoms with Crippen molar-refractivity contribution in [1.29, 1.82) is 0 Å². The molecular weight excluding hydrogens is 281 g/mol. The molecule has 0 heterocycles. The summed E-state index contributed by atoms with van der Waals surface area (Å²) in [6.45, 7) is 3.76. The van der Waals surface area contributed by atoms with E-state index >= 15 is 0 Å². The van der Waals surface area contributed by atoms with Crippen LogP contribution in [0.3, 0.4) is 0 Å². The van der Waals surface area contributed by atoms with Crippen LogP contribution in [0.2, 0.25) is 0 Å². The van der Waals surface area contributed by atoms with Crippen LogP contribution in [0.5, 0.6) is 5.75 Å². The fourth-order valence-electron chi connectivity index (χ4n) is 4.57. The molecule has 122 valence electrons. The molecule has 2 bridgehead atoms. The first-order valence-corrected chi connectivity index (χ1v) is 8.34. The molecule has 0 unspecified atom stereocenters. The van der Waals surface area contributed by atoms with Crippen molar-refractivity contribution in [3.8, 4) is 5.75 Å². The molecule has 2 N–H and O–H groups in total. The summed E-state index contributed by atoms with van der Waals surface area (Å²) in [6.07, 6.45) is 3.99. The number of rotatable bonds is 4. The van der Waals surface area contributed by atoms with Gasteiger partial charge in [0, 0.05) is 18.0 Å². The van der Waals surface area contributed by atoms with E-state index in [-0.39, 0.29) is 17.2 Å². The highest BCUT2D eigenvalue weighted by Gasteiger charge is 2.52. The van der Waals surface area contributed by atoms with Crippen molar-refractivity contribution in [2.24, 2.45) is 17.8 Å². The number of aliphatic hydroxyl groups is 1. The zero-order chi connectivity index (χ0) is 15.9. The number of phenols is 1. The predicted octanol–water partition coefficient (Wildman–Crippen LogP) is 3.11. The van der Waals surface area contributed by atoms with Crippen LogP contribution in [-0.2, 0) is 5.60 Å². The van der Waals surface area contributed by atoms with Crippen LogP contribution in [0.4, 0.5) is 4.39 Å². The zero-order valence-electron chi connectivity index (χ0n) is 13.4. The average molecular weight is 307 g/mol. The second-order valence-electron chi connectivity index (χ2n) is 7.19. The van der Waals surface area contributed by atoms with Gasteiger partial charge in [-0.2, -0.15) is 0 Å². The lowest BCUT2D eigenvalue weighted by molar-refractivity contribution is -0.0926. The van der Waals surface area contributed by atoms with Gasteiger partial charge in [0.25, 0.3) is 0 Å². The van der Waals surface area contributed by atoms with E-state index in [9.17, 15) is 14.6 Å². The molecule has 1 aromatic carbocycles. The minimum atomic E-state index is -1.17. The van der Waals surface area contributed by atoms with Crippen molar-refractivity contribution in [2.75, 3.05) is 20.1 Å². The Morgan fingerprint density at radius 1 is 1.36 bits per heavy atom. The Morgan fingerprint density at radius 3 is 2.86 bits per heavy atom. The lowest BCUT2D eigenvalue weighted by atomic mass is 9.65. The summed E-state index contributed by atoms with van der Waals surface area (Å²) >= 11 is 0. The number of fused-ring (bicyclic) bond motifs is 2. The summed E-state index contributed by atoms with van der Waals surface area (Å²) in [7, 11) is 2.04. The van der Waals surface area contributed by atoms with Gasteiger partial charge in [-0.05, 0) is 62.9 Å². The molecule has 3 rings (SSSR count). The molecule has 0 amide bonds. The summed E-state index contributed by atoms with van der Waals surface area (Å²) < 4.78 is 14.4. The molecule has 3 nitrogen and oxygen atoms in total. The van der Waals surface area contributed by atoms with Gasteiger partial charge in [-0.3, -0.25) is 0 Å². The molecule has 2 aliphatic carbocycles. The van der Waals surface area contributed by atoms with E-state index in [4.69, 9.17) is 0 Å². The van der Waals surface area contributed by atoms with Gasteiger partial charge in [-0.25, -0.2) is 4.39 Å². The van der Waals surface area contributed by atoms with Crippen LogP contribution in [0, 0.1) is 23.6 Å². The van der Waals surface area contributed by atoms with E-state index in [0.29, 0.717) is 18.3 Å². The van der Waals surface area contributed by atoms with Crippen molar-refractivity contribution in [3.63, 3.8) is 0 Å². The standard InChI is InChI=1S/C18H26FNO2/c1-3-20(2)11-16-13-5-4-12(8-13)10-18(16,22)15-9-14(21)6-7-17(15)19/h6-7,9,12-13,16,21-22H,3-5,8,10-11H2,1-2H3/t12-,13+,16+,18+/m1/s1. The van der Waals surface area contributed by atoms with E-state index in [1.165, 1.54) is 18.2 Å². The number of hydrogen-bond donors (Lipinski definition) is 2. The summed E-state index contributed by atoms with van der Waals surface area (Å²) in [6, 6.07) is 4.02. The van der Waals surface area contributed by atoms with Gasteiger partial charge in [0.1, 0.15) is 11.6 Å². The van der Waals surface area contributed by atoms with Crippen molar-refractivity contribution in [1.82, 2.24) is 4.90 Å². The van der Waals surface area contributed by atoms with Gasteiger partial charge < -0.3 is 15.1 Å². The molecule has 0 aliphatic heterocycles. The number of hydrogen-bond acceptors (Lipinski definition) is 3. The topological polar surface area (TPSA) is 43.7 Å². The molecule has 0 spiro atoms. The molecule has 2 aliphatic rings. The molecule has 4 heteroatoms. The molecule has 22 heavy (non-hydrogen) atoms. The first-order valence-electron chi connectivity index (χ1n) is 8.34.